The highest BCUT2D eigenvalue weighted by Gasteiger charge is 2.27. The number of allylic oxidation sites excluding steroid dienone is 1. The Kier molecular flexibility index (Phi) is 8.03. The van der Waals surface area contributed by atoms with Gasteiger partial charge in [-0.1, -0.05) is 6.08 Å². The van der Waals surface area contributed by atoms with Crippen molar-refractivity contribution in [3.8, 4) is 0 Å². The third-order valence-electron chi connectivity index (χ3n) is 2.95. The molecule has 1 saturated heterocycles. The normalized spacial score (nSPS) is 21.8. The standard InChI is InChI=1S/C11H22N2O2S.ClH/c1-3-4-8-16(14,15)13-7-5-6-11(10-13)9-12-2;/h3,11-12H,1,4-10H2,2H3;1H. The molecule has 0 amide bonds. The van der Waals surface area contributed by atoms with Crippen LogP contribution in [0.2, 0.25) is 0 Å². The molecule has 1 heterocycles. The topological polar surface area (TPSA) is 49.4 Å². The first-order chi connectivity index (χ1) is 7.60. The Hall–Kier alpha value is -0.100. The van der Waals surface area contributed by atoms with Crippen molar-refractivity contribution in [1.82, 2.24) is 9.62 Å². The Morgan fingerprint density at radius 3 is 2.82 bits per heavy atom. The highest BCUT2D eigenvalue weighted by molar-refractivity contribution is 7.89. The van der Waals surface area contributed by atoms with Gasteiger partial charge in [0.25, 0.3) is 0 Å². The van der Waals surface area contributed by atoms with Gasteiger partial charge >= 0.3 is 0 Å². The molecule has 0 aliphatic carbocycles. The largest absolute Gasteiger partial charge is 0.319 e. The summed E-state index contributed by atoms with van der Waals surface area (Å²) in [6, 6.07) is 0. The van der Waals surface area contributed by atoms with Gasteiger partial charge in [-0.25, -0.2) is 12.7 Å². The SMILES string of the molecule is C=CCCS(=O)(=O)N1CCCC(CNC)C1.Cl. The molecule has 1 atom stereocenters. The number of halogens is 1. The van der Waals surface area contributed by atoms with Crippen LogP contribution in [0.3, 0.4) is 0 Å². The number of piperidine rings is 1. The van der Waals surface area contributed by atoms with Crippen LogP contribution in [-0.2, 0) is 10.0 Å². The lowest BCUT2D eigenvalue weighted by Crippen LogP contribution is -2.43. The van der Waals surface area contributed by atoms with Crippen LogP contribution in [0.4, 0.5) is 0 Å². The molecule has 102 valence electrons. The summed E-state index contributed by atoms with van der Waals surface area (Å²) in [5, 5.41) is 3.11. The maximum absolute atomic E-state index is 12.0. The zero-order valence-corrected chi connectivity index (χ0v) is 12.0. The van der Waals surface area contributed by atoms with E-state index in [1.165, 1.54) is 0 Å². The van der Waals surface area contributed by atoms with E-state index in [0.717, 1.165) is 19.4 Å². The number of rotatable bonds is 6. The fourth-order valence-electron chi connectivity index (χ4n) is 2.10. The van der Waals surface area contributed by atoms with E-state index in [9.17, 15) is 8.42 Å². The van der Waals surface area contributed by atoms with Gasteiger partial charge in [0.15, 0.2) is 0 Å². The summed E-state index contributed by atoms with van der Waals surface area (Å²) < 4.78 is 25.5. The van der Waals surface area contributed by atoms with Gasteiger partial charge in [-0.3, -0.25) is 0 Å². The van der Waals surface area contributed by atoms with Crippen LogP contribution in [0.1, 0.15) is 19.3 Å². The Morgan fingerprint density at radius 1 is 1.53 bits per heavy atom. The number of hydrogen-bond donors (Lipinski definition) is 1. The van der Waals surface area contributed by atoms with Gasteiger partial charge in [0, 0.05) is 13.1 Å². The molecule has 1 fully saturated rings. The molecule has 4 nitrogen and oxygen atoms in total. The minimum atomic E-state index is -3.06. The molecule has 1 rings (SSSR count). The van der Waals surface area contributed by atoms with E-state index < -0.39 is 10.0 Å². The number of hydrogen-bond acceptors (Lipinski definition) is 3. The minimum absolute atomic E-state index is 0. The summed E-state index contributed by atoms with van der Waals surface area (Å²) in [5.41, 5.74) is 0. The van der Waals surface area contributed by atoms with Crippen LogP contribution in [0, 0.1) is 5.92 Å². The van der Waals surface area contributed by atoms with E-state index in [2.05, 4.69) is 11.9 Å². The van der Waals surface area contributed by atoms with Gasteiger partial charge in [0.2, 0.25) is 10.0 Å². The van der Waals surface area contributed by atoms with Crippen molar-refractivity contribution in [1.29, 1.82) is 0 Å². The lowest BCUT2D eigenvalue weighted by atomic mass is 10.00. The summed E-state index contributed by atoms with van der Waals surface area (Å²) in [7, 11) is -1.15. The average Bonchev–Trinajstić information content (AvgIpc) is 2.27. The molecule has 0 aromatic heterocycles. The van der Waals surface area contributed by atoms with Crippen LogP contribution in [0.5, 0.6) is 0 Å². The summed E-state index contributed by atoms with van der Waals surface area (Å²) in [5.74, 6) is 0.653. The van der Waals surface area contributed by atoms with Crippen molar-refractivity contribution in [2.75, 3.05) is 32.4 Å². The van der Waals surface area contributed by atoms with Crippen molar-refractivity contribution >= 4 is 22.4 Å². The fourth-order valence-corrected chi connectivity index (χ4v) is 3.66. The molecule has 6 heteroatoms. The first kappa shape index (κ1) is 16.9. The molecule has 1 aliphatic heterocycles. The van der Waals surface area contributed by atoms with Gasteiger partial charge in [0.05, 0.1) is 5.75 Å². The van der Waals surface area contributed by atoms with Crippen molar-refractivity contribution < 1.29 is 8.42 Å². The van der Waals surface area contributed by atoms with Crippen LogP contribution in [0.25, 0.3) is 0 Å². The van der Waals surface area contributed by atoms with Gasteiger partial charge in [-0.2, -0.15) is 0 Å². The number of sulfonamides is 1. The van der Waals surface area contributed by atoms with Crippen LogP contribution < -0.4 is 5.32 Å². The third-order valence-corrected chi connectivity index (χ3v) is 4.82. The van der Waals surface area contributed by atoms with E-state index in [1.54, 1.807) is 10.4 Å². The van der Waals surface area contributed by atoms with Crippen LogP contribution >= 0.6 is 12.4 Å². The van der Waals surface area contributed by atoms with Crippen molar-refractivity contribution in [2.24, 2.45) is 5.92 Å². The summed E-state index contributed by atoms with van der Waals surface area (Å²) in [6.07, 6.45) is 4.29. The zero-order valence-electron chi connectivity index (χ0n) is 10.4. The second kappa shape index (κ2) is 8.08. The van der Waals surface area contributed by atoms with Gasteiger partial charge in [-0.15, -0.1) is 19.0 Å². The molecular weight excluding hydrogens is 260 g/mol. The molecule has 0 saturated carbocycles. The molecule has 0 bridgehead atoms. The van der Waals surface area contributed by atoms with Gasteiger partial charge < -0.3 is 5.32 Å². The quantitative estimate of drug-likeness (QED) is 0.746. The predicted molar refractivity (Wildman–Crippen MR) is 74.1 cm³/mol. The molecule has 1 aliphatic rings. The number of nitrogens with one attached hydrogen (secondary N) is 1. The van der Waals surface area contributed by atoms with Crippen molar-refractivity contribution in [3.63, 3.8) is 0 Å². The Balaban J connectivity index is 0.00000256. The smallest absolute Gasteiger partial charge is 0.214 e. The van der Waals surface area contributed by atoms with Crippen LogP contribution in [-0.4, -0.2) is 45.2 Å². The molecule has 1 N–H and O–H groups in total. The maximum Gasteiger partial charge on any atom is 0.214 e. The Bertz CT molecular complexity index is 317. The fraction of sp³-hybridized carbons (Fsp3) is 0.818. The molecule has 0 spiro atoms. The highest BCUT2D eigenvalue weighted by Crippen LogP contribution is 2.19. The molecule has 0 aromatic rings. The second-order valence-corrected chi connectivity index (χ2v) is 6.41. The highest BCUT2D eigenvalue weighted by atomic mass is 35.5. The predicted octanol–water partition coefficient (Wildman–Crippen LogP) is 1.25. The maximum atomic E-state index is 12.0. The van der Waals surface area contributed by atoms with Gasteiger partial charge in [0.1, 0.15) is 0 Å². The van der Waals surface area contributed by atoms with E-state index in [4.69, 9.17) is 0 Å². The molecular formula is C11H23ClN2O2S. The Morgan fingerprint density at radius 2 is 2.24 bits per heavy atom. The zero-order chi connectivity index (χ0) is 12.0. The molecule has 1 unspecified atom stereocenters. The number of nitrogens with zero attached hydrogens (tertiary/aromatic N) is 1. The monoisotopic (exact) mass is 282 g/mol. The lowest BCUT2D eigenvalue weighted by Gasteiger charge is -2.31. The average molecular weight is 283 g/mol. The second-order valence-electron chi connectivity index (χ2n) is 4.32. The van der Waals surface area contributed by atoms with Crippen LogP contribution in [0.15, 0.2) is 12.7 Å². The van der Waals surface area contributed by atoms with Gasteiger partial charge in [-0.05, 0) is 38.8 Å². The minimum Gasteiger partial charge on any atom is -0.319 e. The first-order valence-electron chi connectivity index (χ1n) is 5.83. The lowest BCUT2D eigenvalue weighted by molar-refractivity contribution is 0.263. The van der Waals surface area contributed by atoms with E-state index in [0.29, 0.717) is 25.4 Å². The van der Waals surface area contributed by atoms with E-state index >= 15 is 0 Å². The van der Waals surface area contributed by atoms with Crippen molar-refractivity contribution in [3.05, 3.63) is 12.7 Å². The molecule has 17 heavy (non-hydrogen) atoms. The Labute approximate surface area is 111 Å². The van der Waals surface area contributed by atoms with Crippen molar-refractivity contribution in [2.45, 2.75) is 19.3 Å². The summed E-state index contributed by atoms with van der Waals surface area (Å²) in [4.78, 5) is 0. The molecule has 0 aromatic carbocycles. The summed E-state index contributed by atoms with van der Waals surface area (Å²) in [6.45, 7) is 5.80. The summed E-state index contributed by atoms with van der Waals surface area (Å²) >= 11 is 0. The van der Waals surface area contributed by atoms with E-state index in [1.807, 2.05) is 7.05 Å². The third kappa shape index (κ3) is 5.38. The van der Waals surface area contributed by atoms with E-state index in [-0.39, 0.29) is 18.2 Å². The molecule has 0 radical (unpaired) electrons. The first-order valence-corrected chi connectivity index (χ1v) is 7.44.